The lowest BCUT2D eigenvalue weighted by molar-refractivity contribution is -0.0437. The summed E-state index contributed by atoms with van der Waals surface area (Å²) < 4.78 is 88.7. The number of benzene rings is 2. The smallest absolute Gasteiger partial charge is 0.324 e. The van der Waals surface area contributed by atoms with Crippen molar-refractivity contribution in [3.63, 3.8) is 0 Å². The Morgan fingerprint density at radius 2 is 1.72 bits per heavy atom. The summed E-state index contributed by atoms with van der Waals surface area (Å²) in [4.78, 5) is 0. The van der Waals surface area contributed by atoms with Gasteiger partial charge < -0.3 is 5.73 Å². The molecule has 0 saturated heterocycles. The summed E-state index contributed by atoms with van der Waals surface area (Å²) in [6.07, 6.45) is 0. The van der Waals surface area contributed by atoms with E-state index in [-0.39, 0.29) is 16.7 Å². The van der Waals surface area contributed by atoms with Crippen molar-refractivity contribution in [1.82, 2.24) is 0 Å². The largest absolute Gasteiger partial charge is 0.497 e. The molecule has 2 aromatic rings. The first-order valence-electron chi connectivity index (χ1n) is 7.06. The van der Waals surface area contributed by atoms with Crippen LogP contribution in [0.25, 0.3) is 11.1 Å². The van der Waals surface area contributed by atoms with Gasteiger partial charge in [-0.3, -0.25) is 0 Å². The number of hydrogen-bond donors (Lipinski definition) is 1. The maximum Gasteiger partial charge on any atom is 0.497 e. The normalized spacial score (nSPS) is 13.7. The van der Waals surface area contributed by atoms with E-state index in [2.05, 4.69) is 0 Å². The molecule has 2 aromatic carbocycles. The van der Waals surface area contributed by atoms with Crippen LogP contribution in [0, 0.1) is 11.6 Å². The number of sulfone groups is 1. The maximum absolute atomic E-state index is 14.1. The molecule has 25 heavy (non-hydrogen) atoms. The number of alkyl halides is 3. The summed E-state index contributed by atoms with van der Waals surface area (Å²) >= 11 is 0. The van der Waals surface area contributed by atoms with E-state index in [0.717, 1.165) is 12.1 Å². The number of hydrogen-bond acceptors (Lipinski definition) is 3. The van der Waals surface area contributed by atoms with Crippen molar-refractivity contribution in [2.24, 2.45) is 5.73 Å². The maximum atomic E-state index is 14.1. The SMILES string of the molecule is C[C@@H](N)c1ccc(-c2cccc(F)c2CS(=O)(=O)C(F)(F)F)cc1F. The van der Waals surface area contributed by atoms with Crippen molar-refractivity contribution in [2.75, 3.05) is 0 Å². The Morgan fingerprint density at radius 3 is 2.24 bits per heavy atom. The molecule has 0 aliphatic carbocycles. The van der Waals surface area contributed by atoms with Gasteiger partial charge in [0.15, 0.2) is 0 Å². The van der Waals surface area contributed by atoms with Crippen LogP contribution < -0.4 is 5.73 Å². The molecule has 0 saturated carbocycles. The molecule has 0 radical (unpaired) electrons. The Labute approximate surface area is 141 Å². The third-order valence-corrected chi connectivity index (χ3v) is 4.98. The van der Waals surface area contributed by atoms with Crippen LogP contribution >= 0.6 is 0 Å². The van der Waals surface area contributed by atoms with E-state index >= 15 is 0 Å². The molecular formula is C16H14F5NO2S. The highest BCUT2D eigenvalue weighted by atomic mass is 32.2. The van der Waals surface area contributed by atoms with E-state index in [1.165, 1.54) is 24.3 Å². The second kappa shape index (κ2) is 6.72. The highest BCUT2D eigenvalue weighted by molar-refractivity contribution is 7.91. The van der Waals surface area contributed by atoms with Gasteiger partial charge in [0, 0.05) is 17.2 Å². The second-order valence-electron chi connectivity index (χ2n) is 5.50. The molecule has 0 aliphatic rings. The molecule has 136 valence electrons. The van der Waals surface area contributed by atoms with Gasteiger partial charge in [0.25, 0.3) is 9.84 Å². The van der Waals surface area contributed by atoms with Crippen LogP contribution in [0.4, 0.5) is 22.0 Å². The Morgan fingerprint density at radius 1 is 1.08 bits per heavy atom. The summed E-state index contributed by atoms with van der Waals surface area (Å²) in [6.45, 7) is 1.54. The number of rotatable bonds is 4. The standard InChI is InChI=1S/C16H14F5NO2S/c1-9(22)11-6-5-10(7-15(11)18)12-3-2-4-14(17)13(12)8-25(23,24)16(19,20)21/h2-7,9H,8,22H2,1H3/t9-/m1/s1. The number of nitrogens with two attached hydrogens (primary N) is 1. The third kappa shape index (κ3) is 3.98. The molecule has 0 heterocycles. The number of halogens is 5. The van der Waals surface area contributed by atoms with Gasteiger partial charge in [0.2, 0.25) is 0 Å². The highest BCUT2D eigenvalue weighted by Gasteiger charge is 2.46. The van der Waals surface area contributed by atoms with Crippen molar-refractivity contribution in [3.05, 3.63) is 59.2 Å². The average Bonchev–Trinajstić information content (AvgIpc) is 2.47. The van der Waals surface area contributed by atoms with Gasteiger partial charge in [-0.1, -0.05) is 24.3 Å². The van der Waals surface area contributed by atoms with Crippen molar-refractivity contribution in [3.8, 4) is 11.1 Å². The van der Waals surface area contributed by atoms with E-state index in [4.69, 9.17) is 5.73 Å². The van der Waals surface area contributed by atoms with Crippen LogP contribution in [0.1, 0.15) is 24.1 Å². The first-order chi connectivity index (χ1) is 11.4. The van der Waals surface area contributed by atoms with Gasteiger partial charge in [0.1, 0.15) is 11.6 Å². The molecular weight excluding hydrogens is 365 g/mol. The third-order valence-electron chi connectivity index (χ3n) is 3.61. The predicted octanol–water partition coefficient (Wildman–Crippen LogP) is 4.09. The van der Waals surface area contributed by atoms with E-state index in [0.29, 0.717) is 0 Å². The Kier molecular flexibility index (Phi) is 5.19. The van der Waals surface area contributed by atoms with Crippen LogP contribution in [0.5, 0.6) is 0 Å². The van der Waals surface area contributed by atoms with Gasteiger partial charge in [-0.15, -0.1) is 0 Å². The Hall–Kier alpha value is -2.00. The summed E-state index contributed by atoms with van der Waals surface area (Å²) in [5, 5.41) is 0. The molecule has 0 unspecified atom stereocenters. The van der Waals surface area contributed by atoms with Crippen LogP contribution in [0.15, 0.2) is 36.4 Å². The van der Waals surface area contributed by atoms with E-state index < -0.39 is 44.3 Å². The fourth-order valence-electron chi connectivity index (χ4n) is 2.31. The fraction of sp³-hybridized carbons (Fsp3) is 0.250. The molecule has 9 heteroatoms. The van der Waals surface area contributed by atoms with E-state index in [1.807, 2.05) is 0 Å². The summed E-state index contributed by atoms with van der Waals surface area (Å²) in [6, 6.07) is 6.31. The fourth-order valence-corrected chi connectivity index (χ4v) is 3.15. The zero-order valence-electron chi connectivity index (χ0n) is 12.9. The van der Waals surface area contributed by atoms with Gasteiger partial charge in [0.05, 0.1) is 5.75 Å². The molecule has 0 amide bonds. The molecule has 0 aliphatic heterocycles. The minimum Gasteiger partial charge on any atom is -0.324 e. The lowest BCUT2D eigenvalue weighted by atomic mass is 9.97. The lowest BCUT2D eigenvalue weighted by Crippen LogP contribution is -2.25. The van der Waals surface area contributed by atoms with Crippen molar-refractivity contribution < 1.29 is 30.4 Å². The van der Waals surface area contributed by atoms with Crippen molar-refractivity contribution in [2.45, 2.75) is 24.2 Å². The van der Waals surface area contributed by atoms with Crippen LogP contribution in [-0.4, -0.2) is 13.9 Å². The van der Waals surface area contributed by atoms with Gasteiger partial charge >= 0.3 is 5.51 Å². The molecule has 0 fully saturated rings. The highest BCUT2D eigenvalue weighted by Crippen LogP contribution is 2.33. The monoisotopic (exact) mass is 379 g/mol. The summed E-state index contributed by atoms with van der Waals surface area (Å²) in [5.41, 5.74) is -0.522. The first kappa shape index (κ1) is 19.3. The molecule has 2 N–H and O–H groups in total. The van der Waals surface area contributed by atoms with Crippen LogP contribution in [-0.2, 0) is 15.6 Å². The molecule has 0 spiro atoms. The van der Waals surface area contributed by atoms with E-state index in [1.54, 1.807) is 6.92 Å². The van der Waals surface area contributed by atoms with Crippen molar-refractivity contribution >= 4 is 9.84 Å². The summed E-state index contributed by atoms with van der Waals surface area (Å²) in [7, 11) is -5.59. The zero-order chi connectivity index (χ0) is 19.0. The van der Waals surface area contributed by atoms with Gasteiger partial charge in [-0.25, -0.2) is 17.2 Å². The topological polar surface area (TPSA) is 60.2 Å². The molecule has 0 bridgehead atoms. The molecule has 2 rings (SSSR count). The summed E-state index contributed by atoms with van der Waals surface area (Å²) in [5.74, 6) is -3.42. The molecule has 1 atom stereocenters. The molecule has 3 nitrogen and oxygen atoms in total. The van der Waals surface area contributed by atoms with Crippen LogP contribution in [0.3, 0.4) is 0 Å². The minimum atomic E-state index is -5.59. The van der Waals surface area contributed by atoms with Gasteiger partial charge in [-0.2, -0.15) is 13.2 Å². The Bertz CT molecular complexity index is 892. The zero-order valence-corrected chi connectivity index (χ0v) is 13.8. The Balaban J connectivity index is 2.58. The quantitative estimate of drug-likeness (QED) is 0.814. The minimum absolute atomic E-state index is 0.0498. The predicted molar refractivity (Wildman–Crippen MR) is 83.1 cm³/mol. The van der Waals surface area contributed by atoms with Crippen molar-refractivity contribution in [1.29, 1.82) is 0 Å². The first-order valence-corrected chi connectivity index (χ1v) is 8.71. The second-order valence-corrected chi connectivity index (χ2v) is 7.48. The van der Waals surface area contributed by atoms with E-state index in [9.17, 15) is 30.4 Å². The lowest BCUT2D eigenvalue weighted by Gasteiger charge is -2.14. The van der Waals surface area contributed by atoms with Crippen LogP contribution in [0.2, 0.25) is 0 Å². The molecule has 0 aromatic heterocycles. The average molecular weight is 379 g/mol. The van der Waals surface area contributed by atoms with Gasteiger partial charge in [-0.05, 0) is 30.2 Å².